The van der Waals surface area contributed by atoms with Gasteiger partial charge in [0.25, 0.3) is 0 Å². The number of hydrogen-bond donors (Lipinski definition) is 0. The predicted molar refractivity (Wildman–Crippen MR) is 129 cm³/mol. The Bertz CT molecular complexity index is 397. The third-order valence-electron chi connectivity index (χ3n) is 6.71. The third-order valence-corrected chi connectivity index (χ3v) is 6.71. The largest absolute Gasteiger partial charge is 0.0707 e. The van der Waals surface area contributed by atoms with Crippen molar-refractivity contribution >= 4 is 0 Å². The van der Waals surface area contributed by atoms with Gasteiger partial charge in [-0.05, 0) is 77.0 Å². The van der Waals surface area contributed by atoms with Crippen LogP contribution >= 0.6 is 0 Å². The molecule has 1 aliphatic rings. The summed E-state index contributed by atoms with van der Waals surface area (Å²) in [5, 5.41) is 0. The second-order valence-corrected chi connectivity index (χ2v) is 9.27. The molecular weight excluding hydrogens is 336 g/mol. The maximum atomic E-state index is 2.34. The zero-order valence-corrected chi connectivity index (χ0v) is 20.1. The molecule has 0 aromatic carbocycles. The fourth-order valence-corrected chi connectivity index (χ4v) is 4.86. The molecule has 0 heterocycles. The standard InChI is InChI=1S/C28H52/c1-5-9-13-18-25-22-17-23-26(19-14-10-6-2)28(21-16-12-8-4)24-27(25)20-15-11-7-3/h5-24H2,1-4H3. The van der Waals surface area contributed by atoms with Crippen LogP contribution in [0, 0.1) is 0 Å². The summed E-state index contributed by atoms with van der Waals surface area (Å²) >= 11 is 0. The first-order valence-electron chi connectivity index (χ1n) is 13.2. The van der Waals surface area contributed by atoms with E-state index in [4.69, 9.17) is 0 Å². The number of unbranched alkanes of at least 4 members (excludes halogenated alkanes) is 8. The van der Waals surface area contributed by atoms with Crippen molar-refractivity contribution in [3.05, 3.63) is 22.3 Å². The average Bonchev–Trinajstić information content (AvgIpc) is 2.69. The third kappa shape index (κ3) is 10.9. The lowest BCUT2D eigenvalue weighted by molar-refractivity contribution is 0.608. The molecule has 28 heavy (non-hydrogen) atoms. The number of rotatable bonds is 16. The van der Waals surface area contributed by atoms with Crippen LogP contribution < -0.4 is 0 Å². The van der Waals surface area contributed by atoms with Crippen molar-refractivity contribution in [3.63, 3.8) is 0 Å². The topological polar surface area (TPSA) is 0 Å². The van der Waals surface area contributed by atoms with Crippen molar-refractivity contribution in [1.29, 1.82) is 0 Å². The summed E-state index contributed by atoms with van der Waals surface area (Å²) < 4.78 is 0. The monoisotopic (exact) mass is 388 g/mol. The molecule has 0 saturated heterocycles. The zero-order valence-electron chi connectivity index (χ0n) is 20.1. The fraction of sp³-hybridized carbons (Fsp3) is 0.857. The van der Waals surface area contributed by atoms with Gasteiger partial charge < -0.3 is 0 Å². The van der Waals surface area contributed by atoms with Crippen molar-refractivity contribution in [3.8, 4) is 0 Å². The van der Waals surface area contributed by atoms with Crippen molar-refractivity contribution in [2.45, 2.75) is 156 Å². The zero-order chi connectivity index (χ0) is 20.5. The second-order valence-electron chi connectivity index (χ2n) is 9.27. The van der Waals surface area contributed by atoms with E-state index in [2.05, 4.69) is 27.7 Å². The van der Waals surface area contributed by atoms with Gasteiger partial charge in [0.15, 0.2) is 0 Å². The maximum absolute atomic E-state index is 2.34. The van der Waals surface area contributed by atoms with Crippen molar-refractivity contribution in [2.24, 2.45) is 0 Å². The van der Waals surface area contributed by atoms with Gasteiger partial charge in [-0.25, -0.2) is 0 Å². The highest BCUT2D eigenvalue weighted by atomic mass is 14.2. The highest BCUT2D eigenvalue weighted by Crippen LogP contribution is 2.36. The Morgan fingerprint density at radius 1 is 0.429 bits per heavy atom. The predicted octanol–water partition coefficient (Wildman–Crippen LogP) is 10.5. The Balaban J connectivity index is 2.98. The van der Waals surface area contributed by atoms with E-state index < -0.39 is 0 Å². The van der Waals surface area contributed by atoms with E-state index in [1.165, 1.54) is 128 Å². The van der Waals surface area contributed by atoms with E-state index in [9.17, 15) is 0 Å². The van der Waals surface area contributed by atoms with Crippen LogP contribution in [0.2, 0.25) is 0 Å². The molecule has 0 atom stereocenters. The molecule has 0 fully saturated rings. The first-order chi connectivity index (χ1) is 13.8. The van der Waals surface area contributed by atoms with Crippen molar-refractivity contribution in [1.82, 2.24) is 0 Å². The molecule has 1 aliphatic carbocycles. The van der Waals surface area contributed by atoms with Crippen LogP contribution in [0.25, 0.3) is 0 Å². The van der Waals surface area contributed by atoms with Gasteiger partial charge in [0.2, 0.25) is 0 Å². The summed E-state index contributed by atoms with van der Waals surface area (Å²) in [4.78, 5) is 0. The molecular formula is C28H52. The molecule has 0 saturated carbocycles. The highest BCUT2D eigenvalue weighted by molar-refractivity contribution is 5.28. The summed E-state index contributed by atoms with van der Waals surface area (Å²) in [5.41, 5.74) is 7.52. The first-order valence-corrected chi connectivity index (χ1v) is 13.2. The molecule has 0 bridgehead atoms. The molecule has 0 aromatic rings. The normalized spacial score (nSPS) is 15.9. The summed E-state index contributed by atoms with van der Waals surface area (Å²) in [5.74, 6) is 0. The molecule has 0 unspecified atom stereocenters. The van der Waals surface area contributed by atoms with Crippen LogP contribution in [0.4, 0.5) is 0 Å². The first kappa shape index (κ1) is 25.5. The smallest absolute Gasteiger partial charge is 0.0103 e. The van der Waals surface area contributed by atoms with Crippen LogP contribution in [0.5, 0.6) is 0 Å². The minimum absolute atomic E-state index is 1.34. The lowest BCUT2D eigenvalue weighted by atomic mass is 9.82. The molecule has 0 heteroatoms. The summed E-state index contributed by atoms with van der Waals surface area (Å²) in [6.45, 7) is 9.37. The molecule has 0 aromatic heterocycles. The molecule has 0 aliphatic heterocycles. The van der Waals surface area contributed by atoms with Crippen molar-refractivity contribution in [2.75, 3.05) is 0 Å². The van der Waals surface area contributed by atoms with Crippen LogP contribution in [0.15, 0.2) is 22.3 Å². The molecule has 0 spiro atoms. The molecule has 0 nitrogen and oxygen atoms in total. The van der Waals surface area contributed by atoms with E-state index in [0.717, 1.165) is 0 Å². The van der Waals surface area contributed by atoms with Gasteiger partial charge in [-0.1, -0.05) is 101 Å². The van der Waals surface area contributed by atoms with E-state index >= 15 is 0 Å². The average molecular weight is 389 g/mol. The molecule has 0 N–H and O–H groups in total. The Morgan fingerprint density at radius 2 is 0.750 bits per heavy atom. The number of hydrogen-bond acceptors (Lipinski definition) is 0. The Morgan fingerprint density at radius 3 is 1.07 bits per heavy atom. The van der Waals surface area contributed by atoms with Gasteiger partial charge in [-0.3, -0.25) is 0 Å². The maximum Gasteiger partial charge on any atom is -0.0103 e. The lowest BCUT2D eigenvalue weighted by Gasteiger charge is -2.24. The van der Waals surface area contributed by atoms with Gasteiger partial charge in [-0.2, -0.15) is 0 Å². The summed E-state index contributed by atoms with van der Waals surface area (Å²) in [6.07, 6.45) is 27.8. The lowest BCUT2D eigenvalue weighted by Crippen LogP contribution is -2.05. The SMILES string of the molecule is CCCCCC1=C(CCCCC)CC(CCCCC)=C(CCCCC)CCC1. The van der Waals surface area contributed by atoms with E-state index in [0.29, 0.717) is 0 Å². The van der Waals surface area contributed by atoms with E-state index in [1.807, 2.05) is 22.3 Å². The second kappa shape index (κ2) is 17.3. The minimum Gasteiger partial charge on any atom is -0.0707 e. The van der Waals surface area contributed by atoms with Gasteiger partial charge >= 0.3 is 0 Å². The van der Waals surface area contributed by atoms with E-state index in [1.54, 1.807) is 0 Å². The molecule has 0 amide bonds. The highest BCUT2D eigenvalue weighted by Gasteiger charge is 2.16. The summed E-state index contributed by atoms with van der Waals surface area (Å²) in [6, 6.07) is 0. The Kier molecular flexibility index (Phi) is 15.8. The molecule has 0 radical (unpaired) electrons. The summed E-state index contributed by atoms with van der Waals surface area (Å²) in [7, 11) is 0. The van der Waals surface area contributed by atoms with Crippen LogP contribution in [0.1, 0.15) is 156 Å². The van der Waals surface area contributed by atoms with Crippen molar-refractivity contribution < 1.29 is 0 Å². The van der Waals surface area contributed by atoms with Crippen LogP contribution in [-0.2, 0) is 0 Å². The molecule has 164 valence electrons. The van der Waals surface area contributed by atoms with Gasteiger partial charge in [0, 0.05) is 0 Å². The minimum atomic E-state index is 1.34. The Hall–Kier alpha value is -0.520. The quantitative estimate of drug-likeness (QED) is 0.182. The van der Waals surface area contributed by atoms with Gasteiger partial charge in [0.05, 0.1) is 0 Å². The molecule has 1 rings (SSSR count). The Labute approximate surface area is 178 Å². The number of allylic oxidation sites excluding steroid dienone is 4. The van der Waals surface area contributed by atoms with Gasteiger partial charge in [0.1, 0.15) is 0 Å². The van der Waals surface area contributed by atoms with E-state index in [-0.39, 0.29) is 0 Å². The van der Waals surface area contributed by atoms with Crippen LogP contribution in [-0.4, -0.2) is 0 Å². The van der Waals surface area contributed by atoms with Gasteiger partial charge in [-0.15, -0.1) is 0 Å². The van der Waals surface area contributed by atoms with Crippen LogP contribution in [0.3, 0.4) is 0 Å². The fourth-order valence-electron chi connectivity index (χ4n) is 4.86.